The molecular formula is C27H31F3N4O5S. The number of halogens is 3. The van der Waals surface area contributed by atoms with Crippen LogP contribution in [0, 0.1) is 11.6 Å². The first-order chi connectivity index (χ1) is 18.7. The highest BCUT2D eigenvalue weighted by Crippen LogP contribution is 2.54. The molecule has 2 amide bonds. The normalized spacial score (nSPS) is 21.9. The third kappa shape index (κ3) is 5.18. The summed E-state index contributed by atoms with van der Waals surface area (Å²) >= 11 is 0. The van der Waals surface area contributed by atoms with Gasteiger partial charge in [0.05, 0.1) is 35.1 Å². The van der Waals surface area contributed by atoms with E-state index in [0.717, 1.165) is 18.6 Å². The summed E-state index contributed by atoms with van der Waals surface area (Å²) in [5.41, 5.74) is -0.225. The van der Waals surface area contributed by atoms with E-state index in [1.807, 2.05) is 0 Å². The molecule has 13 heteroatoms. The van der Waals surface area contributed by atoms with Crippen LogP contribution in [0.5, 0.6) is 0 Å². The van der Waals surface area contributed by atoms with Gasteiger partial charge >= 0.3 is 6.09 Å². The van der Waals surface area contributed by atoms with Gasteiger partial charge in [0, 0.05) is 12.6 Å². The quantitative estimate of drug-likeness (QED) is 0.463. The molecule has 5 rings (SSSR count). The van der Waals surface area contributed by atoms with Crippen LogP contribution in [0.15, 0.2) is 35.2 Å². The first-order valence-electron chi connectivity index (χ1n) is 13.0. The minimum Gasteiger partial charge on any atom is -0.444 e. The lowest BCUT2D eigenvalue weighted by Crippen LogP contribution is -2.51. The minimum absolute atomic E-state index is 0.0364. The molecule has 2 heterocycles. The molecule has 2 aromatic carbocycles. The van der Waals surface area contributed by atoms with Crippen molar-refractivity contribution >= 4 is 39.1 Å². The number of carbonyl (C=O) groups excluding carboxylic acids is 2. The van der Waals surface area contributed by atoms with E-state index in [9.17, 15) is 26.8 Å². The molecule has 3 aliphatic rings. The van der Waals surface area contributed by atoms with Crippen molar-refractivity contribution in [1.29, 1.82) is 0 Å². The van der Waals surface area contributed by atoms with E-state index in [4.69, 9.17) is 4.74 Å². The summed E-state index contributed by atoms with van der Waals surface area (Å²) in [6, 6.07) is 4.31. The fraction of sp³-hybridized carbons (Fsp3) is 0.481. The van der Waals surface area contributed by atoms with Crippen LogP contribution in [-0.2, 0) is 25.0 Å². The number of anilines is 3. The zero-order valence-electron chi connectivity index (χ0n) is 22.3. The Balaban J connectivity index is 1.43. The van der Waals surface area contributed by atoms with E-state index >= 15 is 4.39 Å². The summed E-state index contributed by atoms with van der Waals surface area (Å²) in [5, 5.41) is 5.97. The van der Waals surface area contributed by atoms with Crippen molar-refractivity contribution in [2.75, 3.05) is 28.4 Å². The molecule has 1 saturated carbocycles. The predicted molar refractivity (Wildman–Crippen MR) is 142 cm³/mol. The highest BCUT2D eigenvalue weighted by molar-refractivity contribution is 7.92. The summed E-state index contributed by atoms with van der Waals surface area (Å²) in [7, 11) is -4.47. The Hall–Kier alpha value is -3.48. The zero-order chi connectivity index (χ0) is 29.0. The van der Waals surface area contributed by atoms with E-state index < -0.39 is 55.9 Å². The van der Waals surface area contributed by atoms with Crippen LogP contribution in [0.2, 0.25) is 0 Å². The molecule has 2 unspecified atom stereocenters. The molecule has 1 saturated heterocycles. The molecule has 1 spiro atoms. The molecule has 0 aromatic heterocycles. The van der Waals surface area contributed by atoms with Gasteiger partial charge in [-0.25, -0.2) is 26.4 Å². The number of hydrogen-bond donors (Lipinski definition) is 3. The third-order valence-corrected chi connectivity index (χ3v) is 8.92. The van der Waals surface area contributed by atoms with Crippen LogP contribution in [0.3, 0.4) is 0 Å². The number of carbonyl (C=O) groups is 2. The summed E-state index contributed by atoms with van der Waals surface area (Å²) < 4.78 is 76.7. The Bertz CT molecular complexity index is 1470. The van der Waals surface area contributed by atoms with Gasteiger partial charge in [-0.3, -0.25) is 9.52 Å². The second-order valence-corrected chi connectivity index (χ2v) is 13.1. The Kier molecular flexibility index (Phi) is 6.92. The summed E-state index contributed by atoms with van der Waals surface area (Å²) in [4.78, 5) is 26.0. The Labute approximate surface area is 230 Å². The lowest BCUT2D eigenvalue weighted by molar-refractivity contribution is -0.123. The lowest BCUT2D eigenvalue weighted by atomic mass is 9.65. The molecule has 2 aromatic rings. The summed E-state index contributed by atoms with van der Waals surface area (Å²) in [5.74, 6) is -2.40. The summed E-state index contributed by atoms with van der Waals surface area (Å²) in [6.45, 7) is 5.19. The first-order valence-corrected chi connectivity index (χ1v) is 14.5. The molecule has 0 radical (unpaired) electrons. The van der Waals surface area contributed by atoms with Gasteiger partial charge in [-0.1, -0.05) is 6.42 Å². The van der Waals surface area contributed by atoms with Crippen molar-refractivity contribution in [3.63, 3.8) is 0 Å². The first kappa shape index (κ1) is 28.1. The number of amides is 2. The van der Waals surface area contributed by atoms with Crippen molar-refractivity contribution < 1.29 is 35.9 Å². The van der Waals surface area contributed by atoms with Gasteiger partial charge in [-0.2, -0.15) is 0 Å². The largest absolute Gasteiger partial charge is 0.444 e. The third-order valence-electron chi connectivity index (χ3n) is 7.50. The van der Waals surface area contributed by atoms with E-state index in [1.165, 1.54) is 17.0 Å². The number of sulfonamides is 1. The topological polar surface area (TPSA) is 117 Å². The predicted octanol–water partition coefficient (Wildman–Crippen LogP) is 4.90. The van der Waals surface area contributed by atoms with Crippen LogP contribution in [0.4, 0.5) is 35.0 Å². The number of alkyl halides is 1. The number of piperidine rings is 1. The highest BCUT2D eigenvalue weighted by Gasteiger charge is 2.52. The monoisotopic (exact) mass is 580 g/mol. The molecule has 1 aliphatic carbocycles. The van der Waals surface area contributed by atoms with Crippen molar-refractivity contribution in [2.24, 2.45) is 0 Å². The SMILES string of the molecule is CC(C)(C)OC(=O)N1CCC(Nc2cc(NS(=O)(=O)c3ccc(F)cc3F)cc3c2NC(=O)C32CCC2)C(F)C1. The Morgan fingerprint density at radius 1 is 1.18 bits per heavy atom. The molecule has 2 atom stereocenters. The average molecular weight is 581 g/mol. The van der Waals surface area contributed by atoms with Crippen molar-refractivity contribution in [3.05, 3.63) is 47.5 Å². The van der Waals surface area contributed by atoms with Crippen LogP contribution in [-0.4, -0.2) is 56.2 Å². The number of benzene rings is 2. The van der Waals surface area contributed by atoms with Crippen molar-refractivity contribution in [2.45, 2.75) is 74.6 Å². The van der Waals surface area contributed by atoms with Gasteiger partial charge in [-0.15, -0.1) is 0 Å². The Morgan fingerprint density at radius 3 is 2.50 bits per heavy atom. The van der Waals surface area contributed by atoms with Gasteiger partial charge in [0.2, 0.25) is 5.91 Å². The van der Waals surface area contributed by atoms with Crippen molar-refractivity contribution in [1.82, 2.24) is 4.90 Å². The fourth-order valence-electron chi connectivity index (χ4n) is 5.37. The molecule has 0 bridgehead atoms. The van der Waals surface area contributed by atoms with Crippen LogP contribution < -0.4 is 15.4 Å². The Morgan fingerprint density at radius 2 is 1.90 bits per heavy atom. The second-order valence-electron chi connectivity index (χ2n) is 11.5. The van der Waals surface area contributed by atoms with E-state index in [0.29, 0.717) is 35.8 Å². The number of nitrogens with one attached hydrogen (secondary N) is 3. The lowest BCUT2D eigenvalue weighted by Gasteiger charge is -2.37. The number of rotatable bonds is 5. The highest BCUT2D eigenvalue weighted by atomic mass is 32.2. The minimum atomic E-state index is -4.47. The molecule has 216 valence electrons. The average Bonchev–Trinajstić information content (AvgIpc) is 3.11. The van der Waals surface area contributed by atoms with Gasteiger partial charge in [-0.05, 0) is 69.9 Å². The maximum Gasteiger partial charge on any atom is 0.410 e. The number of ether oxygens (including phenoxy) is 1. The fourth-order valence-corrected chi connectivity index (χ4v) is 6.47. The van der Waals surface area contributed by atoms with Gasteiger partial charge < -0.3 is 20.3 Å². The zero-order valence-corrected chi connectivity index (χ0v) is 23.1. The molecule has 3 N–H and O–H groups in total. The van der Waals surface area contributed by atoms with Crippen LogP contribution >= 0.6 is 0 Å². The standard InChI is InChI=1S/C27H31F3N4O5S/c1-26(2,3)39-25(36)34-10-7-20(19(30)14-34)31-21-13-16(12-17-23(21)32-24(35)27(17)8-4-9-27)33-40(37,38)22-6-5-15(28)11-18(22)29/h5-6,11-13,19-20,31,33H,4,7-10,14H2,1-3H3,(H,32,35). The number of likely N-dealkylation sites (tertiary alicyclic amines) is 1. The maximum atomic E-state index is 15.3. The molecular weight excluding hydrogens is 549 g/mol. The van der Waals surface area contributed by atoms with E-state index in [-0.39, 0.29) is 31.1 Å². The maximum absolute atomic E-state index is 15.3. The van der Waals surface area contributed by atoms with Gasteiger partial charge in [0.1, 0.15) is 28.3 Å². The van der Waals surface area contributed by atoms with E-state index in [2.05, 4.69) is 15.4 Å². The van der Waals surface area contributed by atoms with Crippen molar-refractivity contribution in [3.8, 4) is 0 Å². The second kappa shape index (κ2) is 9.86. The summed E-state index contributed by atoms with van der Waals surface area (Å²) in [6.07, 6.45) is 0.0633. The molecule has 2 fully saturated rings. The molecule has 2 aliphatic heterocycles. The molecule has 40 heavy (non-hydrogen) atoms. The van der Waals surface area contributed by atoms with E-state index in [1.54, 1.807) is 20.8 Å². The van der Waals surface area contributed by atoms with Crippen LogP contribution in [0.1, 0.15) is 52.0 Å². The number of hydrogen-bond acceptors (Lipinski definition) is 6. The van der Waals surface area contributed by atoms with Gasteiger partial charge in [0.25, 0.3) is 10.0 Å². The number of fused-ring (bicyclic) bond motifs is 2. The van der Waals surface area contributed by atoms with Gasteiger partial charge in [0.15, 0.2) is 0 Å². The smallest absolute Gasteiger partial charge is 0.410 e. The number of nitrogens with zero attached hydrogens (tertiary/aromatic N) is 1. The molecule has 9 nitrogen and oxygen atoms in total. The van der Waals surface area contributed by atoms with Crippen LogP contribution in [0.25, 0.3) is 0 Å².